The third kappa shape index (κ3) is 8.18. The Morgan fingerprint density at radius 1 is 1.16 bits per heavy atom. The number of aromatic nitrogens is 2. The molecule has 1 saturated heterocycles. The van der Waals surface area contributed by atoms with Gasteiger partial charge in [-0.05, 0) is 74.9 Å². The molecule has 4 N–H and O–H groups in total. The Morgan fingerprint density at radius 3 is 2.69 bits per heavy atom. The molecule has 1 aliphatic heterocycles. The van der Waals surface area contributed by atoms with Crippen molar-refractivity contribution in [1.29, 1.82) is 0 Å². The van der Waals surface area contributed by atoms with Gasteiger partial charge in [-0.2, -0.15) is 0 Å². The molecule has 3 heterocycles. The number of aliphatic hydroxyl groups excluding tert-OH is 1. The normalized spacial score (nSPS) is 16.2. The van der Waals surface area contributed by atoms with Gasteiger partial charge in [0.1, 0.15) is 5.82 Å². The molecule has 2 aromatic heterocycles. The molecule has 9 nitrogen and oxygen atoms in total. The molecule has 2 amide bonds. The Bertz CT molecular complexity index is 1600. The minimum absolute atomic E-state index is 0.0969. The molecule has 2 atom stereocenters. The predicted octanol–water partition coefficient (Wildman–Crippen LogP) is 4.97. The Balaban J connectivity index is 1.17. The number of hydrogen-bond donors (Lipinski definition) is 3. The number of thiophene rings is 1. The first-order chi connectivity index (χ1) is 21.7. The fraction of sp³-hybridized carbons (Fsp3) is 0.457. The van der Waals surface area contributed by atoms with Gasteiger partial charge in [-0.1, -0.05) is 36.4 Å². The fourth-order valence-corrected chi connectivity index (χ4v) is 6.89. The summed E-state index contributed by atoms with van der Waals surface area (Å²) in [5.41, 5.74) is 10.0. The van der Waals surface area contributed by atoms with Crippen LogP contribution in [0.25, 0.3) is 21.5 Å². The zero-order chi connectivity index (χ0) is 32.0. The molecule has 0 bridgehead atoms. The van der Waals surface area contributed by atoms with E-state index in [1.807, 2.05) is 47.4 Å². The Morgan fingerprint density at radius 2 is 1.93 bits per heavy atom. The molecule has 0 radical (unpaired) electrons. The number of para-hydroxylation sites is 2. The monoisotopic (exact) mass is 631 g/mol. The van der Waals surface area contributed by atoms with E-state index in [-0.39, 0.29) is 30.4 Å². The first-order valence-electron chi connectivity index (χ1n) is 15.8. The summed E-state index contributed by atoms with van der Waals surface area (Å²) in [6.45, 7) is 6.37. The standard InChI is InChI=1S/C35H45N5O4S/c1-35(2,23-41)38-34(43)31-16-15-30(45-31)25-13-11-24(12-14-25)20-27(36)21-32(42)39-17-6-8-26(22-39)33-37-28-9-4-5-10-29(28)40(33)18-7-19-44-3/h4-5,9-16,26-27,41H,6-8,17-23,36H2,1-3H3,(H,38,43)/t26-,27-/m1/s1. The lowest BCUT2D eigenvalue weighted by Crippen LogP contribution is -2.46. The second kappa shape index (κ2) is 14.7. The number of likely N-dealkylation sites (tertiary alicyclic amines) is 1. The number of imidazole rings is 1. The summed E-state index contributed by atoms with van der Waals surface area (Å²) in [5.74, 6) is 1.14. The lowest BCUT2D eigenvalue weighted by atomic mass is 9.96. The van der Waals surface area contributed by atoms with Gasteiger partial charge in [0.15, 0.2) is 0 Å². The number of aliphatic hydroxyl groups is 1. The second-order valence-electron chi connectivity index (χ2n) is 12.7. The number of carbonyl (C=O) groups is 2. The van der Waals surface area contributed by atoms with Crippen LogP contribution in [0.5, 0.6) is 0 Å². The van der Waals surface area contributed by atoms with Gasteiger partial charge in [0, 0.05) is 56.6 Å². The predicted molar refractivity (Wildman–Crippen MR) is 179 cm³/mol. The number of nitrogens with zero attached hydrogens (tertiary/aromatic N) is 3. The maximum Gasteiger partial charge on any atom is 0.261 e. The van der Waals surface area contributed by atoms with Crippen LogP contribution in [0.3, 0.4) is 0 Å². The Kier molecular flexibility index (Phi) is 10.7. The maximum absolute atomic E-state index is 13.4. The lowest BCUT2D eigenvalue weighted by Gasteiger charge is -2.33. The van der Waals surface area contributed by atoms with Crippen LogP contribution in [0.15, 0.2) is 60.7 Å². The van der Waals surface area contributed by atoms with Crippen molar-refractivity contribution in [2.75, 3.05) is 33.4 Å². The second-order valence-corrected chi connectivity index (χ2v) is 13.7. The molecule has 2 aromatic carbocycles. The molecule has 0 unspecified atom stereocenters. The van der Waals surface area contributed by atoms with Crippen molar-refractivity contribution in [2.45, 2.75) is 70.0 Å². The van der Waals surface area contributed by atoms with Crippen molar-refractivity contribution >= 4 is 34.2 Å². The molecule has 5 rings (SSSR count). The topological polar surface area (TPSA) is 123 Å². The summed E-state index contributed by atoms with van der Waals surface area (Å²) in [6.07, 6.45) is 3.76. The van der Waals surface area contributed by atoms with E-state index in [1.165, 1.54) is 11.3 Å². The minimum Gasteiger partial charge on any atom is -0.394 e. The summed E-state index contributed by atoms with van der Waals surface area (Å²) in [5, 5.41) is 12.3. The molecule has 0 spiro atoms. The summed E-state index contributed by atoms with van der Waals surface area (Å²) >= 11 is 1.41. The third-order valence-electron chi connectivity index (χ3n) is 8.40. The largest absolute Gasteiger partial charge is 0.394 e. The van der Waals surface area contributed by atoms with Crippen molar-refractivity contribution in [3.63, 3.8) is 0 Å². The fourth-order valence-electron chi connectivity index (χ4n) is 5.98. The smallest absolute Gasteiger partial charge is 0.261 e. The summed E-state index contributed by atoms with van der Waals surface area (Å²) in [4.78, 5) is 34.5. The van der Waals surface area contributed by atoms with Crippen molar-refractivity contribution in [1.82, 2.24) is 19.8 Å². The zero-order valence-electron chi connectivity index (χ0n) is 26.5. The molecule has 45 heavy (non-hydrogen) atoms. The SMILES string of the molecule is COCCCn1c([C@@H]2CCCN(C(=O)C[C@H](N)Cc3ccc(-c4ccc(C(=O)NC(C)(C)CO)s4)cc3)C2)nc2ccccc21. The molecule has 0 aliphatic carbocycles. The maximum atomic E-state index is 13.4. The minimum atomic E-state index is -0.679. The van der Waals surface area contributed by atoms with Crippen molar-refractivity contribution in [3.05, 3.63) is 76.9 Å². The van der Waals surface area contributed by atoms with Gasteiger partial charge < -0.3 is 30.4 Å². The average Bonchev–Trinajstić information content (AvgIpc) is 3.67. The third-order valence-corrected chi connectivity index (χ3v) is 9.54. The van der Waals surface area contributed by atoms with E-state index < -0.39 is 5.54 Å². The summed E-state index contributed by atoms with van der Waals surface area (Å²) in [6, 6.07) is 19.8. The van der Waals surface area contributed by atoms with E-state index in [1.54, 1.807) is 27.0 Å². The number of nitrogens with one attached hydrogen (secondary N) is 1. The zero-order valence-corrected chi connectivity index (χ0v) is 27.3. The highest BCUT2D eigenvalue weighted by Gasteiger charge is 2.29. The van der Waals surface area contributed by atoms with Crippen molar-refractivity contribution in [2.24, 2.45) is 5.73 Å². The van der Waals surface area contributed by atoms with E-state index in [0.717, 1.165) is 65.2 Å². The van der Waals surface area contributed by atoms with Crippen LogP contribution >= 0.6 is 11.3 Å². The van der Waals surface area contributed by atoms with E-state index in [2.05, 4.69) is 22.0 Å². The number of piperidine rings is 1. The number of carbonyl (C=O) groups excluding carboxylic acids is 2. The highest BCUT2D eigenvalue weighted by atomic mass is 32.1. The van der Waals surface area contributed by atoms with Crippen LogP contribution in [-0.4, -0.2) is 76.4 Å². The van der Waals surface area contributed by atoms with Crippen LogP contribution in [-0.2, 0) is 22.5 Å². The number of amides is 2. The van der Waals surface area contributed by atoms with E-state index in [4.69, 9.17) is 15.5 Å². The van der Waals surface area contributed by atoms with Crippen molar-refractivity contribution in [3.8, 4) is 10.4 Å². The van der Waals surface area contributed by atoms with Gasteiger partial charge in [-0.3, -0.25) is 9.59 Å². The number of nitrogens with two attached hydrogens (primary N) is 1. The number of rotatable bonds is 13. The quantitative estimate of drug-likeness (QED) is 0.179. The molecule has 10 heteroatoms. The summed E-state index contributed by atoms with van der Waals surface area (Å²) < 4.78 is 7.61. The van der Waals surface area contributed by atoms with E-state index in [9.17, 15) is 14.7 Å². The Hall–Kier alpha value is -3.57. The van der Waals surface area contributed by atoms with E-state index >= 15 is 0 Å². The summed E-state index contributed by atoms with van der Waals surface area (Å²) in [7, 11) is 1.73. The molecular weight excluding hydrogens is 586 g/mol. The number of ether oxygens (including phenoxy) is 1. The number of hydrogen-bond acceptors (Lipinski definition) is 7. The highest BCUT2D eigenvalue weighted by molar-refractivity contribution is 7.17. The van der Waals surface area contributed by atoms with Crippen LogP contribution in [0, 0.1) is 0 Å². The lowest BCUT2D eigenvalue weighted by molar-refractivity contribution is -0.132. The first-order valence-corrected chi connectivity index (χ1v) is 16.6. The van der Waals surface area contributed by atoms with Gasteiger partial charge in [0.05, 0.1) is 28.1 Å². The first kappa shape index (κ1) is 32.8. The van der Waals surface area contributed by atoms with Crippen LogP contribution in [0.4, 0.5) is 0 Å². The van der Waals surface area contributed by atoms with E-state index in [0.29, 0.717) is 30.9 Å². The number of benzene rings is 2. The van der Waals surface area contributed by atoms with Crippen LogP contribution < -0.4 is 11.1 Å². The van der Waals surface area contributed by atoms with Crippen molar-refractivity contribution < 1.29 is 19.4 Å². The van der Waals surface area contributed by atoms with Gasteiger partial charge in [-0.15, -0.1) is 11.3 Å². The number of fused-ring (bicyclic) bond motifs is 1. The highest BCUT2D eigenvalue weighted by Crippen LogP contribution is 2.31. The van der Waals surface area contributed by atoms with Gasteiger partial charge in [0.25, 0.3) is 5.91 Å². The number of aryl methyl sites for hydroxylation is 1. The Labute approximate surface area is 269 Å². The van der Waals surface area contributed by atoms with Gasteiger partial charge >= 0.3 is 0 Å². The molecule has 4 aromatic rings. The van der Waals surface area contributed by atoms with Crippen LogP contribution in [0.1, 0.15) is 66.5 Å². The molecule has 1 aliphatic rings. The van der Waals surface area contributed by atoms with Gasteiger partial charge in [0.2, 0.25) is 5.91 Å². The molecule has 240 valence electrons. The molecule has 0 saturated carbocycles. The number of methoxy groups -OCH3 is 1. The average molecular weight is 632 g/mol. The molecule has 1 fully saturated rings. The van der Waals surface area contributed by atoms with Gasteiger partial charge in [-0.25, -0.2) is 4.98 Å². The van der Waals surface area contributed by atoms with Crippen LogP contribution in [0.2, 0.25) is 0 Å². The molecular formula is C35H45N5O4S.